The van der Waals surface area contributed by atoms with Crippen molar-refractivity contribution in [2.75, 3.05) is 39.5 Å². The van der Waals surface area contributed by atoms with Gasteiger partial charge in [0.25, 0.3) is 11.8 Å². The summed E-state index contributed by atoms with van der Waals surface area (Å²) in [5.41, 5.74) is 3.18. The Hall–Kier alpha value is -3.20. The number of piperidine rings is 1. The number of rotatable bonds is 7. The van der Waals surface area contributed by atoms with Crippen molar-refractivity contribution in [1.29, 1.82) is 0 Å². The number of nitrogens with zero attached hydrogens (tertiary/aromatic N) is 3. The van der Waals surface area contributed by atoms with E-state index in [-0.39, 0.29) is 23.8 Å². The van der Waals surface area contributed by atoms with E-state index in [2.05, 4.69) is 26.1 Å². The van der Waals surface area contributed by atoms with Crippen LogP contribution in [0.15, 0.2) is 24.3 Å². The van der Waals surface area contributed by atoms with Gasteiger partial charge in [-0.3, -0.25) is 14.3 Å². The molecule has 2 fully saturated rings. The summed E-state index contributed by atoms with van der Waals surface area (Å²) in [5, 5.41) is 8.02. The molecule has 0 unspecified atom stereocenters. The molecule has 4 heterocycles. The van der Waals surface area contributed by atoms with Gasteiger partial charge in [0, 0.05) is 62.4 Å². The largest absolute Gasteiger partial charge is 0.462 e. The first kappa shape index (κ1) is 29.3. The normalized spacial score (nSPS) is 19.4. The highest BCUT2D eigenvalue weighted by molar-refractivity contribution is 5.96. The molecule has 0 aliphatic carbocycles. The van der Waals surface area contributed by atoms with Crippen molar-refractivity contribution >= 4 is 17.8 Å². The van der Waals surface area contributed by atoms with Crippen LogP contribution in [0, 0.1) is 16.7 Å². The first-order valence-corrected chi connectivity index (χ1v) is 15.1. The van der Waals surface area contributed by atoms with Crippen molar-refractivity contribution in [2.45, 2.75) is 72.8 Å². The number of aromatic nitrogens is 2. The second-order valence-electron chi connectivity index (χ2n) is 13.0. The van der Waals surface area contributed by atoms with E-state index in [4.69, 9.17) is 14.6 Å². The zero-order valence-electron chi connectivity index (χ0n) is 25.0. The molecule has 1 aromatic carbocycles. The van der Waals surface area contributed by atoms with Crippen LogP contribution >= 0.6 is 0 Å². The van der Waals surface area contributed by atoms with E-state index in [1.165, 1.54) is 0 Å². The first-order chi connectivity index (χ1) is 19.6. The molecule has 1 N–H and O–H groups in total. The maximum atomic E-state index is 13.1. The van der Waals surface area contributed by atoms with Gasteiger partial charge in [0.15, 0.2) is 0 Å². The minimum Gasteiger partial charge on any atom is -0.462 e. The van der Waals surface area contributed by atoms with E-state index in [0.717, 1.165) is 56.5 Å². The molecule has 5 rings (SSSR count). The van der Waals surface area contributed by atoms with Crippen LogP contribution in [0.5, 0.6) is 0 Å². The predicted molar refractivity (Wildman–Crippen MR) is 155 cm³/mol. The van der Waals surface area contributed by atoms with Gasteiger partial charge in [-0.25, -0.2) is 4.79 Å². The van der Waals surface area contributed by atoms with E-state index in [9.17, 15) is 14.4 Å². The standard InChI is InChI=1S/C32H44N4O5/c1-5-36-27-25(18-32(20-33-28(27)37)12-16-40-17-13-32)26(34-36)19-31(3,4)21-41-30(39)24-8-6-23(7-9-24)29(38)35-14-10-22(2)11-15-35/h6-9,22H,5,10-21H2,1-4H3,(H,33,37). The number of aryl methyl sites for hydroxylation is 1. The topological polar surface area (TPSA) is 103 Å². The number of benzene rings is 1. The van der Waals surface area contributed by atoms with Gasteiger partial charge in [0.2, 0.25) is 0 Å². The highest BCUT2D eigenvalue weighted by atomic mass is 16.5. The molecule has 0 atom stereocenters. The number of amides is 2. The summed E-state index contributed by atoms with van der Waals surface area (Å²) in [6, 6.07) is 6.77. The average Bonchev–Trinajstić information content (AvgIpc) is 3.23. The average molecular weight is 565 g/mol. The Labute approximate surface area is 242 Å². The van der Waals surface area contributed by atoms with Gasteiger partial charge in [-0.2, -0.15) is 5.10 Å². The van der Waals surface area contributed by atoms with Crippen molar-refractivity contribution in [3.63, 3.8) is 0 Å². The first-order valence-electron chi connectivity index (χ1n) is 15.1. The number of nitrogens with one attached hydrogen (secondary N) is 1. The van der Waals surface area contributed by atoms with Crippen molar-refractivity contribution in [3.05, 3.63) is 52.3 Å². The predicted octanol–water partition coefficient (Wildman–Crippen LogP) is 4.28. The number of fused-ring (bicyclic) bond motifs is 1. The summed E-state index contributed by atoms with van der Waals surface area (Å²) in [7, 11) is 0. The van der Waals surface area contributed by atoms with E-state index < -0.39 is 11.4 Å². The molecule has 0 radical (unpaired) electrons. The molecular formula is C32H44N4O5. The maximum absolute atomic E-state index is 13.1. The Kier molecular flexibility index (Phi) is 8.55. The third-order valence-corrected chi connectivity index (χ3v) is 9.06. The van der Waals surface area contributed by atoms with Crippen molar-refractivity contribution in [1.82, 2.24) is 20.0 Å². The number of likely N-dealkylation sites (tertiary alicyclic amines) is 1. The summed E-state index contributed by atoms with van der Waals surface area (Å²) in [4.78, 5) is 40.8. The number of esters is 1. The number of carbonyl (C=O) groups excluding carboxylic acids is 3. The minimum atomic E-state index is -0.415. The lowest BCUT2D eigenvalue weighted by Gasteiger charge is -2.36. The lowest BCUT2D eigenvalue weighted by Crippen LogP contribution is -2.40. The molecule has 1 spiro atoms. The monoisotopic (exact) mass is 564 g/mol. The molecule has 222 valence electrons. The maximum Gasteiger partial charge on any atom is 0.338 e. The Balaban J connectivity index is 1.24. The molecular weight excluding hydrogens is 520 g/mol. The van der Waals surface area contributed by atoms with Crippen molar-refractivity contribution in [2.24, 2.45) is 16.7 Å². The van der Waals surface area contributed by atoms with Crippen molar-refractivity contribution < 1.29 is 23.9 Å². The van der Waals surface area contributed by atoms with Crippen LogP contribution in [0.4, 0.5) is 0 Å². The van der Waals surface area contributed by atoms with Gasteiger partial charge in [-0.05, 0) is 74.6 Å². The minimum absolute atomic E-state index is 0.0137. The van der Waals surface area contributed by atoms with Gasteiger partial charge in [0.05, 0.1) is 17.9 Å². The summed E-state index contributed by atoms with van der Waals surface area (Å²) in [6.07, 6.45) is 5.24. The smallest absolute Gasteiger partial charge is 0.338 e. The van der Waals surface area contributed by atoms with Crippen LogP contribution in [0.25, 0.3) is 0 Å². The fourth-order valence-electron chi connectivity index (χ4n) is 6.30. The Morgan fingerprint density at radius 2 is 1.78 bits per heavy atom. The summed E-state index contributed by atoms with van der Waals surface area (Å²) < 4.78 is 13.2. The number of hydrogen-bond acceptors (Lipinski definition) is 6. The van der Waals surface area contributed by atoms with Crippen LogP contribution in [0.3, 0.4) is 0 Å². The number of hydrogen-bond donors (Lipinski definition) is 1. The molecule has 9 nitrogen and oxygen atoms in total. The second kappa shape index (κ2) is 12.0. The summed E-state index contributed by atoms with van der Waals surface area (Å²) in [5.74, 6) is 0.188. The molecule has 2 saturated heterocycles. The van der Waals surface area contributed by atoms with E-state index in [0.29, 0.717) is 55.5 Å². The SMILES string of the molecule is CCn1nc(CC(C)(C)COC(=O)c2ccc(C(=O)N3CCC(C)CC3)cc2)c2c1C(=O)NCC1(CCOCC1)C2. The molecule has 0 saturated carbocycles. The Morgan fingerprint density at radius 3 is 2.44 bits per heavy atom. The van der Waals surface area contributed by atoms with Gasteiger partial charge in [-0.15, -0.1) is 0 Å². The number of carbonyl (C=O) groups is 3. The van der Waals surface area contributed by atoms with Gasteiger partial charge >= 0.3 is 5.97 Å². The lowest BCUT2D eigenvalue weighted by atomic mass is 9.74. The molecule has 2 aromatic rings. The fourth-order valence-corrected chi connectivity index (χ4v) is 6.30. The highest BCUT2D eigenvalue weighted by Gasteiger charge is 2.40. The van der Waals surface area contributed by atoms with Crippen LogP contribution < -0.4 is 5.32 Å². The number of ether oxygens (including phenoxy) is 2. The Morgan fingerprint density at radius 1 is 1.12 bits per heavy atom. The summed E-state index contributed by atoms with van der Waals surface area (Å²) >= 11 is 0. The second-order valence-corrected chi connectivity index (χ2v) is 13.0. The van der Waals surface area contributed by atoms with Crippen molar-refractivity contribution in [3.8, 4) is 0 Å². The molecule has 1 aromatic heterocycles. The fraction of sp³-hybridized carbons (Fsp3) is 0.625. The molecule has 3 aliphatic rings. The third kappa shape index (κ3) is 6.50. The zero-order valence-corrected chi connectivity index (χ0v) is 25.0. The molecule has 0 bridgehead atoms. The molecule has 3 aliphatic heterocycles. The summed E-state index contributed by atoms with van der Waals surface area (Å²) in [6.45, 7) is 12.8. The third-order valence-electron chi connectivity index (χ3n) is 9.06. The zero-order chi connectivity index (χ0) is 29.2. The van der Waals surface area contributed by atoms with Crippen LogP contribution in [0.1, 0.15) is 95.8 Å². The van der Waals surface area contributed by atoms with Crippen LogP contribution in [-0.4, -0.2) is 71.9 Å². The van der Waals surface area contributed by atoms with E-state index in [1.54, 1.807) is 24.3 Å². The quantitative estimate of drug-likeness (QED) is 0.504. The van der Waals surface area contributed by atoms with Crippen LogP contribution in [-0.2, 0) is 28.9 Å². The van der Waals surface area contributed by atoms with Gasteiger partial charge in [-0.1, -0.05) is 20.8 Å². The van der Waals surface area contributed by atoms with Gasteiger partial charge in [0.1, 0.15) is 5.69 Å². The van der Waals surface area contributed by atoms with Crippen LogP contribution in [0.2, 0.25) is 0 Å². The highest BCUT2D eigenvalue weighted by Crippen LogP contribution is 2.39. The Bertz CT molecular complexity index is 1270. The van der Waals surface area contributed by atoms with E-state index in [1.807, 2.05) is 16.5 Å². The van der Waals surface area contributed by atoms with E-state index >= 15 is 0 Å². The lowest BCUT2D eigenvalue weighted by molar-refractivity contribution is 0.0159. The van der Waals surface area contributed by atoms with Gasteiger partial charge < -0.3 is 19.7 Å². The molecule has 9 heteroatoms. The molecule has 41 heavy (non-hydrogen) atoms. The molecule has 2 amide bonds.